The van der Waals surface area contributed by atoms with Crippen LogP contribution in [0.4, 0.5) is 0 Å². The number of hydrogen-bond acceptors (Lipinski definition) is 3. The van der Waals surface area contributed by atoms with E-state index in [1.165, 1.54) is 0 Å². The van der Waals surface area contributed by atoms with Gasteiger partial charge in [0.25, 0.3) is 0 Å². The average molecular weight is 256 g/mol. The van der Waals surface area contributed by atoms with Crippen LogP contribution in [0, 0.1) is 12.3 Å². The van der Waals surface area contributed by atoms with E-state index < -0.39 is 5.54 Å². The van der Waals surface area contributed by atoms with Gasteiger partial charge in [-0.15, -0.1) is 6.42 Å². The molecular formula is C13H24N2OS. The minimum Gasteiger partial charge on any atom is -0.339 e. The lowest BCUT2D eigenvalue weighted by Gasteiger charge is -2.26. The lowest BCUT2D eigenvalue weighted by molar-refractivity contribution is -0.119. The lowest BCUT2D eigenvalue weighted by atomic mass is 9.94. The van der Waals surface area contributed by atoms with Crippen molar-refractivity contribution in [1.82, 2.24) is 5.32 Å². The number of carbonyl (C=O) groups is 1. The van der Waals surface area contributed by atoms with Crippen LogP contribution in [0.15, 0.2) is 0 Å². The van der Waals surface area contributed by atoms with Crippen LogP contribution in [0.25, 0.3) is 0 Å². The Hall–Kier alpha value is -0.660. The zero-order valence-corrected chi connectivity index (χ0v) is 11.9. The van der Waals surface area contributed by atoms with Gasteiger partial charge in [-0.05, 0) is 31.9 Å². The Labute approximate surface area is 109 Å². The van der Waals surface area contributed by atoms with Gasteiger partial charge in [-0.2, -0.15) is 11.8 Å². The quantitative estimate of drug-likeness (QED) is 0.514. The molecule has 0 aliphatic carbocycles. The second-order valence-corrected chi connectivity index (χ2v) is 5.41. The highest BCUT2D eigenvalue weighted by Gasteiger charge is 2.24. The largest absolute Gasteiger partial charge is 0.339 e. The molecule has 4 heteroatoms. The minimum atomic E-state index is -0.473. The monoisotopic (exact) mass is 256 g/mol. The maximum Gasteiger partial charge on any atom is 0.231 e. The number of nitrogens with two attached hydrogens (primary N) is 1. The molecule has 98 valence electrons. The van der Waals surface area contributed by atoms with Crippen molar-refractivity contribution in [3.05, 3.63) is 0 Å². The Balaban J connectivity index is 3.97. The van der Waals surface area contributed by atoms with E-state index in [-0.39, 0.29) is 11.9 Å². The Kier molecular flexibility index (Phi) is 8.11. The highest BCUT2D eigenvalue weighted by Crippen LogP contribution is 2.14. The number of rotatable bonds is 8. The molecule has 1 unspecified atom stereocenters. The molecule has 0 saturated carbocycles. The van der Waals surface area contributed by atoms with Crippen LogP contribution in [0.3, 0.4) is 0 Å². The summed E-state index contributed by atoms with van der Waals surface area (Å²) in [6, 6.07) is 0.196. The van der Waals surface area contributed by atoms with Gasteiger partial charge < -0.3 is 11.1 Å². The van der Waals surface area contributed by atoms with Crippen molar-refractivity contribution in [2.45, 2.75) is 51.6 Å². The molecule has 0 aromatic carbocycles. The first kappa shape index (κ1) is 16.3. The highest BCUT2D eigenvalue weighted by molar-refractivity contribution is 7.99. The van der Waals surface area contributed by atoms with E-state index in [4.69, 9.17) is 12.2 Å². The summed E-state index contributed by atoms with van der Waals surface area (Å²) in [6.45, 7) is 5.96. The molecular weight excluding hydrogens is 232 g/mol. The summed E-state index contributed by atoms with van der Waals surface area (Å²) < 4.78 is 0. The topological polar surface area (TPSA) is 55.1 Å². The van der Waals surface area contributed by atoms with Crippen LogP contribution >= 0.6 is 11.8 Å². The molecule has 0 aromatic rings. The van der Waals surface area contributed by atoms with Crippen molar-refractivity contribution in [1.29, 1.82) is 0 Å². The van der Waals surface area contributed by atoms with Gasteiger partial charge in [0, 0.05) is 6.04 Å². The summed E-state index contributed by atoms with van der Waals surface area (Å²) in [5.41, 5.74) is 5.16. The summed E-state index contributed by atoms with van der Waals surface area (Å²) in [5, 5.41) is 2.94. The molecule has 0 saturated heterocycles. The molecule has 1 atom stereocenters. The van der Waals surface area contributed by atoms with Crippen LogP contribution in [-0.4, -0.2) is 29.0 Å². The van der Waals surface area contributed by atoms with Crippen molar-refractivity contribution >= 4 is 17.7 Å². The van der Waals surface area contributed by atoms with Gasteiger partial charge in [0.2, 0.25) is 5.91 Å². The van der Waals surface area contributed by atoms with Gasteiger partial charge >= 0.3 is 0 Å². The molecule has 1 amide bonds. The van der Waals surface area contributed by atoms with E-state index in [2.05, 4.69) is 11.2 Å². The van der Waals surface area contributed by atoms with Crippen LogP contribution in [0.5, 0.6) is 0 Å². The molecule has 0 spiro atoms. The van der Waals surface area contributed by atoms with Crippen LogP contribution in [-0.2, 0) is 4.79 Å². The SMILES string of the molecule is C#CC(CC)(CC)NC(=O)CSCCC(C)N. The molecule has 0 heterocycles. The molecule has 0 rings (SSSR count). The van der Waals surface area contributed by atoms with Crippen molar-refractivity contribution in [2.24, 2.45) is 5.73 Å². The number of amides is 1. The van der Waals surface area contributed by atoms with E-state index in [0.717, 1.165) is 25.0 Å². The van der Waals surface area contributed by atoms with E-state index >= 15 is 0 Å². The normalized spacial score (nSPS) is 12.9. The molecule has 0 radical (unpaired) electrons. The number of thioether (sulfide) groups is 1. The fraction of sp³-hybridized carbons (Fsp3) is 0.769. The summed E-state index contributed by atoms with van der Waals surface area (Å²) in [4.78, 5) is 11.7. The van der Waals surface area contributed by atoms with Crippen LogP contribution in [0.2, 0.25) is 0 Å². The third-order valence-corrected chi connectivity index (χ3v) is 3.80. The molecule has 0 fully saturated rings. The maximum atomic E-state index is 11.7. The van der Waals surface area contributed by atoms with Crippen molar-refractivity contribution < 1.29 is 4.79 Å². The average Bonchev–Trinajstić information content (AvgIpc) is 2.32. The minimum absolute atomic E-state index is 0.0151. The number of terminal acetylenes is 1. The van der Waals surface area contributed by atoms with Gasteiger partial charge in [-0.3, -0.25) is 4.79 Å². The second-order valence-electron chi connectivity index (χ2n) is 4.30. The van der Waals surface area contributed by atoms with Crippen molar-refractivity contribution in [3.8, 4) is 12.3 Å². The maximum absolute atomic E-state index is 11.7. The standard InChI is InChI=1S/C13H24N2OS/c1-5-13(6-2,7-3)15-12(16)10-17-9-8-11(4)14/h1,11H,6-10,14H2,2-4H3,(H,15,16). The fourth-order valence-corrected chi connectivity index (χ4v) is 2.34. The summed E-state index contributed by atoms with van der Waals surface area (Å²) in [5.74, 6) is 4.07. The third-order valence-electron chi connectivity index (χ3n) is 2.81. The first-order chi connectivity index (χ1) is 7.99. The zero-order valence-electron chi connectivity index (χ0n) is 11.1. The highest BCUT2D eigenvalue weighted by atomic mass is 32.2. The van der Waals surface area contributed by atoms with Crippen molar-refractivity contribution in [3.63, 3.8) is 0 Å². The zero-order chi connectivity index (χ0) is 13.3. The Morgan fingerprint density at radius 1 is 1.53 bits per heavy atom. The first-order valence-corrected chi connectivity index (χ1v) is 7.27. The van der Waals surface area contributed by atoms with E-state index in [9.17, 15) is 4.79 Å². The van der Waals surface area contributed by atoms with Gasteiger partial charge in [0.15, 0.2) is 0 Å². The predicted molar refractivity (Wildman–Crippen MR) is 75.9 cm³/mol. The molecule has 17 heavy (non-hydrogen) atoms. The van der Waals surface area contributed by atoms with E-state index in [0.29, 0.717) is 5.75 Å². The third kappa shape index (κ3) is 6.60. The Bertz CT molecular complexity index is 267. The molecule has 0 bridgehead atoms. The van der Waals surface area contributed by atoms with Crippen LogP contribution < -0.4 is 11.1 Å². The van der Waals surface area contributed by atoms with Gasteiger partial charge in [0.1, 0.15) is 5.54 Å². The first-order valence-electron chi connectivity index (χ1n) is 6.11. The van der Waals surface area contributed by atoms with E-state index in [1.807, 2.05) is 20.8 Å². The number of hydrogen-bond donors (Lipinski definition) is 2. The van der Waals surface area contributed by atoms with Gasteiger partial charge in [-0.1, -0.05) is 19.8 Å². The summed E-state index contributed by atoms with van der Waals surface area (Å²) >= 11 is 1.60. The number of nitrogens with one attached hydrogen (secondary N) is 1. The molecule has 0 aromatic heterocycles. The summed E-state index contributed by atoms with van der Waals surface area (Å²) in [7, 11) is 0. The smallest absolute Gasteiger partial charge is 0.231 e. The molecule has 3 nitrogen and oxygen atoms in total. The molecule has 0 aliphatic heterocycles. The Morgan fingerprint density at radius 3 is 2.53 bits per heavy atom. The van der Waals surface area contributed by atoms with Crippen LogP contribution in [0.1, 0.15) is 40.0 Å². The molecule has 3 N–H and O–H groups in total. The Morgan fingerprint density at radius 2 is 2.12 bits per heavy atom. The van der Waals surface area contributed by atoms with Gasteiger partial charge in [-0.25, -0.2) is 0 Å². The van der Waals surface area contributed by atoms with Gasteiger partial charge in [0.05, 0.1) is 5.75 Å². The molecule has 0 aliphatic rings. The van der Waals surface area contributed by atoms with Crippen molar-refractivity contribution in [2.75, 3.05) is 11.5 Å². The fourth-order valence-electron chi connectivity index (χ4n) is 1.40. The predicted octanol–water partition coefficient (Wildman–Crippen LogP) is 1.77. The summed E-state index contributed by atoms with van der Waals surface area (Å²) in [6.07, 6.45) is 7.93. The lowest BCUT2D eigenvalue weighted by Crippen LogP contribution is -2.47. The second kappa shape index (κ2) is 8.43. The van der Waals surface area contributed by atoms with E-state index in [1.54, 1.807) is 11.8 Å². The number of carbonyl (C=O) groups excluding carboxylic acids is 1.